The number of nitrogens with zero attached hydrogens (tertiary/aromatic N) is 2. The molecule has 0 aromatic heterocycles. The highest BCUT2D eigenvalue weighted by Crippen LogP contribution is 2.24. The number of piperazine rings is 1. The van der Waals surface area contributed by atoms with Crippen LogP contribution in [0.5, 0.6) is 0 Å². The Hall–Kier alpha value is -1.06. The van der Waals surface area contributed by atoms with Crippen molar-refractivity contribution >= 4 is 5.69 Å². The van der Waals surface area contributed by atoms with Gasteiger partial charge in [-0.2, -0.15) is 0 Å². The molecular weight excluding hydrogens is 236 g/mol. The average Bonchev–Trinajstić information content (AvgIpc) is 2.46. The van der Waals surface area contributed by atoms with Gasteiger partial charge < -0.3 is 10.0 Å². The maximum Gasteiger partial charge on any atom is 0.0702 e. The van der Waals surface area contributed by atoms with Crippen molar-refractivity contribution in [3.8, 4) is 0 Å². The van der Waals surface area contributed by atoms with E-state index in [1.165, 1.54) is 11.3 Å². The minimum absolute atomic E-state index is 0.133. The summed E-state index contributed by atoms with van der Waals surface area (Å²) in [6.45, 7) is 11.1. The van der Waals surface area contributed by atoms with Crippen LogP contribution in [0.2, 0.25) is 0 Å². The summed E-state index contributed by atoms with van der Waals surface area (Å²) in [7, 11) is 0. The molecule has 0 radical (unpaired) electrons. The van der Waals surface area contributed by atoms with Crippen molar-refractivity contribution in [1.29, 1.82) is 0 Å². The Morgan fingerprint density at radius 1 is 1.16 bits per heavy atom. The maximum atomic E-state index is 9.57. The minimum Gasteiger partial charge on any atom is -0.392 e. The van der Waals surface area contributed by atoms with E-state index in [-0.39, 0.29) is 6.61 Å². The fraction of sp³-hybridized carbons (Fsp3) is 0.625. The summed E-state index contributed by atoms with van der Waals surface area (Å²) in [6, 6.07) is 7.13. The smallest absolute Gasteiger partial charge is 0.0702 e. The fourth-order valence-corrected chi connectivity index (χ4v) is 2.77. The fourth-order valence-electron chi connectivity index (χ4n) is 2.77. The number of aryl methyl sites for hydroxylation is 1. The highest BCUT2D eigenvalue weighted by atomic mass is 16.3. The molecule has 106 valence electrons. The molecule has 19 heavy (non-hydrogen) atoms. The summed E-state index contributed by atoms with van der Waals surface area (Å²) < 4.78 is 0. The van der Waals surface area contributed by atoms with E-state index in [4.69, 9.17) is 0 Å². The minimum atomic E-state index is 0.133. The SMILES string of the molecule is CCc1ccc(N2CCN(C(C)C)CC2)c(CO)c1. The summed E-state index contributed by atoms with van der Waals surface area (Å²) in [4.78, 5) is 4.92. The molecule has 1 saturated heterocycles. The Morgan fingerprint density at radius 2 is 1.84 bits per heavy atom. The standard InChI is InChI=1S/C16H26N2O/c1-4-14-5-6-16(15(11-14)12-19)18-9-7-17(8-10-18)13(2)3/h5-6,11,13,19H,4,7-10,12H2,1-3H3. The van der Waals surface area contributed by atoms with Gasteiger partial charge in [-0.05, 0) is 31.9 Å². The summed E-state index contributed by atoms with van der Waals surface area (Å²) in [5.74, 6) is 0. The molecule has 1 heterocycles. The first-order valence-corrected chi connectivity index (χ1v) is 7.37. The highest BCUT2D eigenvalue weighted by molar-refractivity contribution is 5.55. The van der Waals surface area contributed by atoms with E-state index in [1.807, 2.05) is 0 Å². The lowest BCUT2D eigenvalue weighted by Gasteiger charge is -2.38. The van der Waals surface area contributed by atoms with Gasteiger partial charge in [-0.25, -0.2) is 0 Å². The zero-order valence-electron chi connectivity index (χ0n) is 12.4. The summed E-state index contributed by atoms with van der Waals surface area (Å²) >= 11 is 0. The zero-order valence-corrected chi connectivity index (χ0v) is 12.4. The Kier molecular flexibility index (Phi) is 4.83. The van der Waals surface area contributed by atoms with Gasteiger partial charge in [0.25, 0.3) is 0 Å². The van der Waals surface area contributed by atoms with E-state index in [1.54, 1.807) is 0 Å². The van der Waals surface area contributed by atoms with Crippen molar-refractivity contribution in [1.82, 2.24) is 4.90 Å². The van der Waals surface area contributed by atoms with E-state index in [0.717, 1.165) is 38.2 Å². The van der Waals surface area contributed by atoms with Gasteiger partial charge in [0, 0.05) is 43.5 Å². The second-order valence-corrected chi connectivity index (χ2v) is 5.59. The van der Waals surface area contributed by atoms with E-state index in [0.29, 0.717) is 6.04 Å². The third-order valence-electron chi connectivity index (χ3n) is 4.11. The summed E-state index contributed by atoms with van der Waals surface area (Å²) in [6.07, 6.45) is 1.02. The van der Waals surface area contributed by atoms with Gasteiger partial charge in [0.2, 0.25) is 0 Å². The maximum absolute atomic E-state index is 9.57. The van der Waals surface area contributed by atoms with Gasteiger partial charge in [-0.3, -0.25) is 4.90 Å². The van der Waals surface area contributed by atoms with Crippen molar-refractivity contribution in [2.45, 2.75) is 39.8 Å². The highest BCUT2D eigenvalue weighted by Gasteiger charge is 2.20. The van der Waals surface area contributed by atoms with Crippen molar-refractivity contribution in [3.63, 3.8) is 0 Å². The molecule has 0 amide bonds. The second-order valence-electron chi connectivity index (χ2n) is 5.59. The molecule has 0 unspecified atom stereocenters. The number of rotatable bonds is 4. The van der Waals surface area contributed by atoms with E-state index < -0.39 is 0 Å². The Labute approximate surface area is 116 Å². The number of anilines is 1. The number of hydrogen-bond donors (Lipinski definition) is 1. The van der Waals surface area contributed by atoms with Crippen molar-refractivity contribution in [3.05, 3.63) is 29.3 Å². The van der Waals surface area contributed by atoms with Crippen LogP contribution in [0.3, 0.4) is 0 Å². The molecule has 2 rings (SSSR count). The first-order chi connectivity index (χ1) is 9.15. The van der Waals surface area contributed by atoms with Crippen LogP contribution in [0.1, 0.15) is 31.9 Å². The first kappa shape index (κ1) is 14.4. The number of hydrogen-bond acceptors (Lipinski definition) is 3. The molecule has 0 spiro atoms. The molecule has 1 aromatic carbocycles. The number of aliphatic hydroxyl groups is 1. The van der Waals surface area contributed by atoms with Gasteiger partial charge >= 0.3 is 0 Å². The lowest BCUT2D eigenvalue weighted by atomic mass is 10.1. The molecule has 3 heteroatoms. The van der Waals surface area contributed by atoms with Crippen molar-refractivity contribution < 1.29 is 5.11 Å². The zero-order chi connectivity index (χ0) is 13.8. The molecular formula is C16H26N2O. The normalized spacial score (nSPS) is 17.2. The largest absolute Gasteiger partial charge is 0.392 e. The average molecular weight is 262 g/mol. The van der Waals surface area contributed by atoms with Crippen molar-refractivity contribution in [2.24, 2.45) is 0 Å². The van der Waals surface area contributed by atoms with Crippen LogP contribution in [0, 0.1) is 0 Å². The molecule has 1 aliphatic heterocycles. The van der Waals surface area contributed by atoms with Crippen molar-refractivity contribution in [2.75, 3.05) is 31.1 Å². The Balaban J connectivity index is 2.10. The van der Waals surface area contributed by atoms with Crippen LogP contribution in [0.25, 0.3) is 0 Å². The molecule has 1 aromatic rings. The van der Waals surface area contributed by atoms with Gasteiger partial charge in [0.05, 0.1) is 6.61 Å². The molecule has 1 fully saturated rings. The Morgan fingerprint density at radius 3 is 2.37 bits per heavy atom. The van der Waals surface area contributed by atoms with Crippen LogP contribution in [0.15, 0.2) is 18.2 Å². The molecule has 1 N–H and O–H groups in total. The lowest BCUT2D eigenvalue weighted by Crippen LogP contribution is -2.49. The molecule has 0 aliphatic carbocycles. The van der Waals surface area contributed by atoms with E-state index in [2.05, 4.69) is 48.8 Å². The van der Waals surface area contributed by atoms with E-state index >= 15 is 0 Å². The van der Waals surface area contributed by atoms with Crippen LogP contribution < -0.4 is 4.90 Å². The third-order valence-corrected chi connectivity index (χ3v) is 4.11. The number of benzene rings is 1. The lowest BCUT2D eigenvalue weighted by molar-refractivity contribution is 0.209. The summed E-state index contributed by atoms with van der Waals surface area (Å²) in [5.41, 5.74) is 3.58. The van der Waals surface area contributed by atoms with E-state index in [9.17, 15) is 5.11 Å². The monoisotopic (exact) mass is 262 g/mol. The Bertz CT molecular complexity index is 409. The predicted octanol–water partition coefficient (Wildman–Crippen LogP) is 2.27. The van der Waals surface area contributed by atoms with Crippen LogP contribution in [-0.4, -0.2) is 42.2 Å². The topological polar surface area (TPSA) is 26.7 Å². The molecule has 3 nitrogen and oxygen atoms in total. The van der Waals surface area contributed by atoms with Crippen LogP contribution in [-0.2, 0) is 13.0 Å². The second kappa shape index (κ2) is 6.40. The molecule has 0 saturated carbocycles. The molecule has 0 atom stereocenters. The van der Waals surface area contributed by atoms with Gasteiger partial charge in [-0.1, -0.05) is 19.1 Å². The van der Waals surface area contributed by atoms with Gasteiger partial charge in [0.15, 0.2) is 0 Å². The first-order valence-electron chi connectivity index (χ1n) is 7.37. The third kappa shape index (κ3) is 3.28. The van der Waals surface area contributed by atoms with Crippen LogP contribution in [0.4, 0.5) is 5.69 Å². The van der Waals surface area contributed by atoms with Gasteiger partial charge in [0.1, 0.15) is 0 Å². The molecule has 0 bridgehead atoms. The predicted molar refractivity (Wildman–Crippen MR) is 80.7 cm³/mol. The quantitative estimate of drug-likeness (QED) is 0.902. The molecule has 1 aliphatic rings. The number of aliphatic hydroxyl groups excluding tert-OH is 1. The van der Waals surface area contributed by atoms with Gasteiger partial charge in [-0.15, -0.1) is 0 Å². The summed E-state index contributed by atoms with van der Waals surface area (Å²) in [5, 5.41) is 9.57. The van der Waals surface area contributed by atoms with Crippen LogP contribution >= 0.6 is 0 Å².